The molecule has 1 aromatic rings. The molecule has 1 N–H and O–H groups in total. The summed E-state index contributed by atoms with van der Waals surface area (Å²) in [7, 11) is 1.15. The molecule has 3 heterocycles. The van der Waals surface area contributed by atoms with Gasteiger partial charge in [-0.05, 0) is 57.5 Å². The van der Waals surface area contributed by atoms with Crippen molar-refractivity contribution < 1.29 is 46.2 Å². The van der Waals surface area contributed by atoms with E-state index in [0.29, 0.717) is 3.79 Å². The first-order chi connectivity index (χ1) is 18.1. The Hall–Kier alpha value is -2.29. The third-order valence-electron chi connectivity index (χ3n) is 6.00. The first-order valence-electron chi connectivity index (χ1n) is 12.5. The Morgan fingerprint density at radius 1 is 1.05 bits per heavy atom. The Morgan fingerprint density at radius 3 is 2.20 bits per heavy atom. The number of amides is 2. The number of hydrogen-bond acceptors (Lipinski definition) is 8. The summed E-state index contributed by atoms with van der Waals surface area (Å²) < 4.78 is 75.2. The van der Waals surface area contributed by atoms with E-state index in [-0.39, 0.29) is 16.1 Å². The van der Waals surface area contributed by atoms with Crippen molar-refractivity contribution in [2.45, 2.75) is 89.5 Å². The smallest absolute Gasteiger partial charge is 0.410 e. The highest BCUT2D eigenvalue weighted by atomic mass is 79.9. The van der Waals surface area contributed by atoms with Gasteiger partial charge in [0.2, 0.25) is 0 Å². The number of ether oxygens (including phenoxy) is 3. The summed E-state index contributed by atoms with van der Waals surface area (Å²) in [4.78, 5) is 40.4. The van der Waals surface area contributed by atoms with Gasteiger partial charge in [0.05, 0.1) is 41.8 Å². The third-order valence-corrected chi connectivity index (χ3v) is 7.95. The molecule has 9 nitrogen and oxygen atoms in total. The summed E-state index contributed by atoms with van der Waals surface area (Å²) in [5, 5.41) is 2.52. The van der Waals surface area contributed by atoms with Crippen molar-refractivity contribution in [2.24, 2.45) is 0 Å². The van der Waals surface area contributed by atoms with Crippen LogP contribution in [0.5, 0.6) is 0 Å². The van der Waals surface area contributed by atoms with E-state index in [1.54, 1.807) is 41.5 Å². The van der Waals surface area contributed by atoms with E-state index in [2.05, 4.69) is 21.2 Å². The standard InChI is InChI=1S/C25H34BrF4N3O6S/c1-22(2,3)38-20(35)31-14(15-9-25(29,30)12-33(15)21(36)39-23(4,5)6)10-32-11-24(27,28)8-13-16(32)17(19(34)37-7)40-18(13)26/h14-15H,8-12H2,1-7H3,(H,31,35). The fourth-order valence-electron chi connectivity index (χ4n) is 4.66. The first-order valence-corrected chi connectivity index (χ1v) is 14.1. The fourth-order valence-corrected chi connectivity index (χ4v) is 6.46. The monoisotopic (exact) mass is 659 g/mol. The van der Waals surface area contributed by atoms with Gasteiger partial charge in [-0.2, -0.15) is 0 Å². The van der Waals surface area contributed by atoms with Crippen LogP contribution in [-0.4, -0.2) is 84.9 Å². The van der Waals surface area contributed by atoms with Crippen LogP contribution in [0.15, 0.2) is 3.79 Å². The lowest BCUT2D eigenvalue weighted by Gasteiger charge is -2.40. The highest BCUT2D eigenvalue weighted by Crippen LogP contribution is 2.47. The van der Waals surface area contributed by atoms with Crippen LogP contribution in [0.25, 0.3) is 0 Å². The number of nitrogens with one attached hydrogen (secondary N) is 1. The van der Waals surface area contributed by atoms with E-state index >= 15 is 0 Å². The predicted octanol–water partition coefficient (Wildman–Crippen LogP) is 5.83. The molecule has 0 aromatic carbocycles. The predicted molar refractivity (Wildman–Crippen MR) is 144 cm³/mol. The molecule has 40 heavy (non-hydrogen) atoms. The Bertz CT molecular complexity index is 1150. The number of alkyl halides is 4. The van der Waals surface area contributed by atoms with Crippen LogP contribution >= 0.6 is 27.3 Å². The normalized spacial score (nSPS) is 20.9. The molecule has 2 unspecified atom stereocenters. The molecule has 3 rings (SSSR count). The molecule has 1 saturated heterocycles. The van der Waals surface area contributed by atoms with Crippen molar-refractivity contribution in [3.8, 4) is 0 Å². The number of alkyl carbamates (subject to hydrolysis) is 1. The number of halogens is 5. The van der Waals surface area contributed by atoms with E-state index in [1.165, 1.54) is 0 Å². The maximum Gasteiger partial charge on any atom is 0.410 e. The zero-order valence-corrected chi connectivity index (χ0v) is 25.7. The summed E-state index contributed by atoms with van der Waals surface area (Å²) in [5.41, 5.74) is -1.66. The van der Waals surface area contributed by atoms with Gasteiger partial charge in [0.15, 0.2) is 0 Å². The van der Waals surface area contributed by atoms with E-state index in [4.69, 9.17) is 14.2 Å². The molecule has 0 bridgehead atoms. The Kier molecular flexibility index (Phi) is 9.01. The van der Waals surface area contributed by atoms with Crippen molar-refractivity contribution in [3.05, 3.63) is 14.2 Å². The summed E-state index contributed by atoms with van der Waals surface area (Å²) >= 11 is 4.16. The van der Waals surface area contributed by atoms with Crippen LogP contribution in [-0.2, 0) is 20.6 Å². The zero-order chi connectivity index (χ0) is 30.4. The number of carbonyl (C=O) groups is 3. The molecular weight excluding hydrogens is 626 g/mol. The minimum absolute atomic E-state index is 0.0386. The number of fused-ring (bicyclic) bond motifs is 1. The number of hydrogen-bond donors (Lipinski definition) is 1. The van der Waals surface area contributed by atoms with Crippen LogP contribution in [0, 0.1) is 0 Å². The van der Waals surface area contributed by atoms with E-state index in [1.807, 2.05) is 0 Å². The van der Waals surface area contributed by atoms with Gasteiger partial charge in [-0.15, -0.1) is 11.3 Å². The van der Waals surface area contributed by atoms with Crippen LogP contribution in [0.1, 0.15) is 63.2 Å². The number of thiophene rings is 1. The van der Waals surface area contributed by atoms with Crippen LogP contribution in [0.4, 0.5) is 32.8 Å². The molecule has 1 fully saturated rings. The average Bonchev–Trinajstić information content (AvgIpc) is 3.25. The van der Waals surface area contributed by atoms with Gasteiger partial charge in [-0.25, -0.2) is 31.9 Å². The zero-order valence-electron chi connectivity index (χ0n) is 23.3. The molecule has 0 saturated carbocycles. The molecular formula is C25H34BrF4N3O6S. The highest BCUT2D eigenvalue weighted by Gasteiger charge is 2.53. The second-order valence-electron chi connectivity index (χ2n) is 11.9. The van der Waals surface area contributed by atoms with Crippen molar-refractivity contribution in [1.29, 1.82) is 0 Å². The minimum atomic E-state index is -3.34. The molecule has 0 spiro atoms. The second-order valence-corrected chi connectivity index (χ2v) is 14.3. The Morgan fingerprint density at radius 2 is 1.65 bits per heavy atom. The lowest BCUT2D eigenvalue weighted by atomic mass is 9.98. The number of esters is 1. The van der Waals surface area contributed by atoms with E-state index < -0.39 is 85.8 Å². The number of carbonyl (C=O) groups excluding carboxylic acids is 3. The first kappa shape index (κ1) is 32.2. The molecule has 2 atom stereocenters. The van der Waals surface area contributed by atoms with Crippen LogP contribution < -0.4 is 10.2 Å². The summed E-state index contributed by atoms with van der Waals surface area (Å²) in [6.45, 7) is 7.21. The molecule has 2 aliphatic heterocycles. The van der Waals surface area contributed by atoms with Gasteiger partial charge in [-0.3, -0.25) is 4.90 Å². The maximum absolute atomic E-state index is 14.9. The van der Waals surface area contributed by atoms with Gasteiger partial charge in [0.1, 0.15) is 16.1 Å². The van der Waals surface area contributed by atoms with Gasteiger partial charge >= 0.3 is 18.2 Å². The molecule has 15 heteroatoms. The summed E-state index contributed by atoms with van der Waals surface area (Å²) in [5.74, 6) is -7.35. The molecule has 1 aromatic heterocycles. The quantitative estimate of drug-likeness (QED) is 0.241. The molecule has 2 aliphatic rings. The minimum Gasteiger partial charge on any atom is -0.465 e. The van der Waals surface area contributed by atoms with Crippen molar-refractivity contribution in [1.82, 2.24) is 10.2 Å². The van der Waals surface area contributed by atoms with Gasteiger partial charge in [0, 0.05) is 24.9 Å². The lowest BCUT2D eigenvalue weighted by Crippen LogP contribution is -2.58. The molecule has 226 valence electrons. The van der Waals surface area contributed by atoms with Gasteiger partial charge < -0.3 is 24.4 Å². The van der Waals surface area contributed by atoms with Crippen molar-refractivity contribution in [2.75, 3.05) is 31.6 Å². The SMILES string of the molecule is COC(=O)c1sc(Br)c2c1N(CC(NC(=O)OC(C)(C)C)C1CC(F)(F)CN1C(=O)OC(C)(C)C)CC(F)(F)C2. The van der Waals surface area contributed by atoms with E-state index in [0.717, 1.165) is 28.2 Å². The lowest BCUT2D eigenvalue weighted by molar-refractivity contribution is -0.00306. The topological polar surface area (TPSA) is 97.4 Å². The molecule has 2 amide bonds. The maximum atomic E-state index is 14.9. The number of rotatable bonds is 5. The van der Waals surface area contributed by atoms with Crippen LogP contribution in [0.2, 0.25) is 0 Å². The number of nitrogens with zero attached hydrogens (tertiary/aromatic N) is 2. The third kappa shape index (κ3) is 7.92. The Labute approximate surface area is 242 Å². The van der Waals surface area contributed by atoms with Crippen molar-refractivity contribution in [3.63, 3.8) is 0 Å². The van der Waals surface area contributed by atoms with E-state index in [9.17, 15) is 31.9 Å². The number of likely N-dealkylation sites (tertiary alicyclic amines) is 1. The van der Waals surface area contributed by atoms with Gasteiger partial charge in [0.25, 0.3) is 11.8 Å². The molecule has 0 aliphatic carbocycles. The highest BCUT2D eigenvalue weighted by molar-refractivity contribution is 9.11. The summed E-state index contributed by atoms with van der Waals surface area (Å²) in [6.07, 6.45) is -3.55. The summed E-state index contributed by atoms with van der Waals surface area (Å²) in [6, 6.07) is -2.67. The average molecular weight is 661 g/mol. The largest absolute Gasteiger partial charge is 0.465 e. The fraction of sp³-hybridized carbons (Fsp3) is 0.720. The van der Waals surface area contributed by atoms with Crippen molar-refractivity contribution >= 4 is 51.1 Å². The number of methoxy groups -OCH3 is 1. The number of anilines is 1. The van der Waals surface area contributed by atoms with Crippen LogP contribution in [0.3, 0.4) is 0 Å². The van der Waals surface area contributed by atoms with Gasteiger partial charge in [-0.1, -0.05) is 0 Å². The Balaban J connectivity index is 2.06. The molecule has 0 radical (unpaired) electrons. The second kappa shape index (κ2) is 11.2.